The van der Waals surface area contributed by atoms with Crippen molar-refractivity contribution in [2.75, 3.05) is 41.0 Å². The highest BCUT2D eigenvalue weighted by Crippen LogP contribution is 2.12. The van der Waals surface area contributed by atoms with E-state index in [0.717, 1.165) is 103 Å². The van der Waals surface area contributed by atoms with E-state index in [0.29, 0.717) is 12.8 Å². The molecule has 0 spiro atoms. The van der Waals surface area contributed by atoms with Gasteiger partial charge in [0.1, 0.15) is 12.6 Å². The average Bonchev–Trinajstić information content (AvgIpc) is 3.26. The van der Waals surface area contributed by atoms with E-state index in [-0.39, 0.29) is 49.1 Å². The maximum absolute atomic E-state index is 12.8. The van der Waals surface area contributed by atoms with E-state index < -0.39 is 18.1 Å². The Kier molecular flexibility index (Phi) is 42.3. The van der Waals surface area contributed by atoms with Gasteiger partial charge in [-0.25, -0.2) is 0 Å². The average molecular weight is 888 g/mol. The van der Waals surface area contributed by atoms with Crippen molar-refractivity contribution >= 4 is 17.9 Å². The molecular formula is C56H89NO7. The molecule has 0 aliphatic rings. The molecule has 64 heavy (non-hydrogen) atoms. The molecule has 8 nitrogen and oxygen atoms in total. The number of carbonyl (C=O) groups excluding carboxylic acids is 3. The van der Waals surface area contributed by atoms with Crippen molar-refractivity contribution < 1.29 is 38.2 Å². The molecule has 0 amide bonds. The number of esters is 2. The van der Waals surface area contributed by atoms with Gasteiger partial charge in [0, 0.05) is 19.3 Å². The zero-order valence-electron chi connectivity index (χ0n) is 40.9. The third-order valence-corrected chi connectivity index (χ3v) is 10.1. The van der Waals surface area contributed by atoms with Gasteiger partial charge in [0.05, 0.1) is 40.3 Å². The number of carbonyl (C=O) groups is 3. The number of hydrogen-bond donors (Lipinski definition) is 0. The predicted molar refractivity (Wildman–Crippen MR) is 267 cm³/mol. The minimum Gasteiger partial charge on any atom is -0.544 e. The number of nitrogens with zero attached hydrogens (tertiary/aromatic N) is 1. The summed E-state index contributed by atoms with van der Waals surface area (Å²) in [7, 11) is 5.37. The molecule has 0 N–H and O–H groups in total. The van der Waals surface area contributed by atoms with Crippen LogP contribution in [0.5, 0.6) is 0 Å². The fourth-order valence-corrected chi connectivity index (χ4v) is 6.37. The van der Waals surface area contributed by atoms with Crippen LogP contribution in [0.25, 0.3) is 0 Å². The number of carboxylic acid groups (broad SMARTS) is 1. The Morgan fingerprint density at radius 1 is 0.469 bits per heavy atom. The van der Waals surface area contributed by atoms with Crippen molar-refractivity contribution in [1.82, 2.24) is 0 Å². The molecule has 2 unspecified atom stereocenters. The van der Waals surface area contributed by atoms with Crippen LogP contribution in [0.4, 0.5) is 0 Å². The fraction of sp³-hybridized carbons (Fsp3) is 0.589. The number of rotatable bonds is 42. The molecule has 0 bridgehead atoms. The molecule has 0 aromatic carbocycles. The molecule has 0 fully saturated rings. The van der Waals surface area contributed by atoms with Crippen molar-refractivity contribution in [2.45, 2.75) is 174 Å². The Bertz CT molecular complexity index is 1450. The van der Waals surface area contributed by atoms with Crippen LogP contribution < -0.4 is 5.11 Å². The molecule has 360 valence electrons. The van der Waals surface area contributed by atoms with Crippen molar-refractivity contribution in [3.8, 4) is 0 Å². The van der Waals surface area contributed by atoms with Gasteiger partial charge in [-0.2, -0.15) is 0 Å². The number of allylic oxidation sites excluding steroid dienone is 20. The second kappa shape index (κ2) is 45.3. The smallest absolute Gasteiger partial charge is 0.306 e. The number of unbranched alkanes of at least 4 members (excludes halogenated alkanes) is 8. The third kappa shape index (κ3) is 43.0. The molecule has 0 heterocycles. The van der Waals surface area contributed by atoms with Gasteiger partial charge in [0.25, 0.3) is 0 Å². The van der Waals surface area contributed by atoms with E-state index in [1.165, 1.54) is 19.3 Å². The number of hydrogen-bond acceptors (Lipinski definition) is 7. The first kappa shape index (κ1) is 59.7. The lowest BCUT2D eigenvalue weighted by atomic mass is 10.1. The van der Waals surface area contributed by atoms with Crippen LogP contribution in [-0.4, -0.2) is 75.5 Å². The summed E-state index contributed by atoms with van der Waals surface area (Å²) in [5.41, 5.74) is 0. The summed E-state index contributed by atoms with van der Waals surface area (Å²) in [6.07, 6.45) is 63.7. The van der Waals surface area contributed by atoms with Crippen molar-refractivity contribution in [1.29, 1.82) is 0 Å². The zero-order chi connectivity index (χ0) is 47.0. The summed E-state index contributed by atoms with van der Waals surface area (Å²) in [6.45, 7) is 4.34. The Hall–Kier alpha value is -4.27. The summed E-state index contributed by atoms with van der Waals surface area (Å²) in [4.78, 5) is 37.0. The van der Waals surface area contributed by atoms with Crippen molar-refractivity contribution in [3.63, 3.8) is 0 Å². The van der Waals surface area contributed by atoms with Crippen LogP contribution in [0.15, 0.2) is 122 Å². The molecule has 0 saturated heterocycles. The molecule has 0 radical (unpaired) electrons. The summed E-state index contributed by atoms with van der Waals surface area (Å²) in [5.74, 6) is -1.84. The Labute approximate surface area is 391 Å². The minimum absolute atomic E-state index is 0.00532. The number of ether oxygens (including phenoxy) is 3. The third-order valence-electron chi connectivity index (χ3n) is 10.1. The topological polar surface area (TPSA) is 102 Å². The van der Waals surface area contributed by atoms with E-state index in [2.05, 4.69) is 135 Å². The van der Waals surface area contributed by atoms with Crippen LogP contribution in [0.1, 0.15) is 162 Å². The van der Waals surface area contributed by atoms with Crippen LogP contribution in [0.2, 0.25) is 0 Å². The van der Waals surface area contributed by atoms with Gasteiger partial charge >= 0.3 is 11.9 Å². The molecular weight excluding hydrogens is 799 g/mol. The SMILES string of the molecule is CC/C=C/C/C=C/C/C=C/C/C=C/C/C=C/C/C=C/CCCC(=O)OC(COCCC(C(=O)[O-])[N+](C)(C)C)COC(=O)CCCCCCCCC/C=C/C/C=C/C/C=C/C/C=C/CC. The van der Waals surface area contributed by atoms with Gasteiger partial charge in [-0.3, -0.25) is 9.59 Å². The lowest BCUT2D eigenvalue weighted by molar-refractivity contribution is -0.889. The highest BCUT2D eigenvalue weighted by atomic mass is 16.6. The number of quaternary nitrogens is 1. The van der Waals surface area contributed by atoms with Gasteiger partial charge in [0.15, 0.2) is 6.10 Å². The lowest BCUT2D eigenvalue weighted by Crippen LogP contribution is -2.55. The van der Waals surface area contributed by atoms with Crippen LogP contribution in [-0.2, 0) is 28.6 Å². The van der Waals surface area contributed by atoms with Gasteiger partial charge in [-0.05, 0) is 96.3 Å². The quantitative estimate of drug-likeness (QED) is 0.0260. The Balaban J connectivity index is 4.43. The summed E-state index contributed by atoms with van der Waals surface area (Å²) in [6, 6.07) is -0.746. The lowest BCUT2D eigenvalue weighted by Gasteiger charge is -2.34. The van der Waals surface area contributed by atoms with Gasteiger partial charge in [-0.15, -0.1) is 0 Å². The fourth-order valence-electron chi connectivity index (χ4n) is 6.37. The number of carboxylic acids is 1. The van der Waals surface area contributed by atoms with Crippen LogP contribution in [0, 0.1) is 0 Å². The monoisotopic (exact) mass is 888 g/mol. The van der Waals surface area contributed by atoms with Crippen LogP contribution in [0.3, 0.4) is 0 Å². The number of aliphatic carboxylic acids is 1. The molecule has 8 heteroatoms. The Morgan fingerprint density at radius 2 is 0.844 bits per heavy atom. The molecule has 0 aliphatic heterocycles. The Morgan fingerprint density at radius 3 is 1.27 bits per heavy atom. The molecule has 0 saturated carbocycles. The first-order valence-corrected chi connectivity index (χ1v) is 24.6. The molecule has 0 aromatic rings. The second-order valence-corrected chi connectivity index (χ2v) is 16.9. The first-order valence-electron chi connectivity index (χ1n) is 24.6. The highest BCUT2D eigenvalue weighted by molar-refractivity contribution is 5.70. The molecule has 0 aromatic heterocycles. The van der Waals surface area contributed by atoms with Gasteiger partial charge in [0.2, 0.25) is 0 Å². The van der Waals surface area contributed by atoms with Gasteiger partial charge < -0.3 is 28.6 Å². The van der Waals surface area contributed by atoms with E-state index in [9.17, 15) is 19.5 Å². The molecule has 0 aliphatic carbocycles. The normalized spacial score (nSPS) is 14.0. The summed E-state index contributed by atoms with van der Waals surface area (Å²) < 4.78 is 17.1. The van der Waals surface area contributed by atoms with Crippen LogP contribution >= 0.6 is 0 Å². The van der Waals surface area contributed by atoms with E-state index >= 15 is 0 Å². The molecule has 2 atom stereocenters. The maximum Gasteiger partial charge on any atom is 0.306 e. The van der Waals surface area contributed by atoms with E-state index in [4.69, 9.17) is 14.2 Å². The predicted octanol–water partition coefficient (Wildman–Crippen LogP) is 12.9. The zero-order valence-corrected chi connectivity index (χ0v) is 40.9. The van der Waals surface area contributed by atoms with E-state index in [1.54, 1.807) is 21.1 Å². The van der Waals surface area contributed by atoms with Crippen molar-refractivity contribution in [2.24, 2.45) is 0 Å². The minimum atomic E-state index is -1.14. The molecule has 0 rings (SSSR count). The second-order valence-electron chi connectivity index (χ2n) is 16.9. The standard InChI is InChI=1S/C56H89NO7/c1-6-8-10-12-14-16-18-20-22-24-26-28-30-32-34-36-38-40-42-44-46-54(58)63-51-52(50-62-49-48-53(56(60)61)57(3,4)5)64-55(59)47-45-43-41-39-37-35-33-31-29-27-25-23-21-19-17-15-13-11-9-7-2/h8-11,14-17,20-23,26-29,33,35,39,41,52-53H,6-7,12-13,18-19,24-25,30-32,34,36-38,40,42-51H2,1-5H3/b10-8+,11-9+,16-14+,17-15+,22-20+,23-21+,28-26+,29-27+,35-33+,41-39+. The summed E-state index contributed by atoms with van der Waals surface area (Å²) >= 11 is 0. The number of likely N-dealkylation sites (N-methyl/N-ethyl adjacent to an activating group) is 1. The first-order chi connectivity index (χ1) is 31.1. The largest absolute Gasteiger partial charge is 0.544 e. The van der Waals surface area contributed by atoms with Gasteiger partial charge in [-0.1, -0.05) is 167 Å². The van der Waals surface area contributed by atoms with Crippen molar-refractivity contribution in [3.05, 3.63) is 122 Å². The summed E-state index contributed by atoms with van der Waals surface area (Å²) in [5, 5.41) is 11.7. The van der Waals surface area contributed by atoms with E-state index in [1.807, 2.05) is 0 Å². The maximum atomic E-state index is 12.8. The highest BCUT2D eigenvalue weighted by Gasteiger charge is 2.25.